The van der Waals surface area contributed by atoms with Crippen molar-refractivity contribution in [2.24, 2.45) is 0 Å². The summed E-state index contributed by atoms with van der Waals surface area (Å²) < 4.78 is 2.62. The lowest BCUT2D eigenvalue weighted by atomic mass is 10.3. The lowest BCUT2D eigenvalue weighted by Gasteiger charge is -2.08. The van der Waals surface area contributed by atoms with Crippen LogP contribution in [0, 0.1) is 6.92 Å². The van der Waals surface area contributed by atoms with Crippen molar-refractivity contribution in [3.63, 3.8) is 0 Å². The summed E-state index contributed by atoms with van der Waals surface area (Å²) in [5.74, 6) is -0.961. The summed E-state index contributed by atoms with van der Waals surface area (Å²) in [5.41, 5.74) is 1.30. The Labute approximate surface area is 138 Å². The van der Waals surface area contributed by atoms with Gasteiger partial charge in [0.1, 0.15) is 4.88 Å². The number of aryl methyl sites for hydroxylation is 1. The van der Waals surface area contributed by atoms with Crippen molar-refractivity contribution in [2.75, 3.05) is 5.32 Å². The largest absolute Gasteiger partial charge is 0.477 e. The van der Waals surface area contributed by atoms with Gasteiger partial charge in [-0.05, 0) is 50.9 Å². The van der Waals surface area contributed by atoms with Gasteiger partial charge in [0.15, 0.2) is 5.13 Å². The summed E-state index contributed by atoms with van der Waals surface area (Å²) in [7, 11) is 0. The zero-order valence-electron chi connectivity index (χ0n) is 9.50. The molecule has 0 aliphatic carbocycles. The Bertz CT molecular complexity index is 634. The number of anilines is 2. The van der Waals surface area contributed by atoms with Crippen LogP contribution in [0.2, 0.25) is 0 Å². The van der Waals surface area contributed by atoms with E-state index in [0.717, 1.165) is 30.4 Å². The number of nitrogens with zero attached hydrogens (tertiary/aromatic N) is 1. The number of hydrogen-bond donors (Lipinski definition) is 2. The minimum atomic E-state index is -0.961. The van der Waals surface area contributed by atoms with E-state index < -0.39 is 5.97 Å². The average molecular weight is 471 g/mol. The van der Waals surface area contributed by atoms with E-state index in [1.807, 2.05) is 12.1 Å². The standard InChI is InChI=1S/C11H7Br3N2O2S/c1-4-9(10(17)18)19-11(15-4)16-8-6(13)2-5(12)3-7(8)14/h2-3H,1H3,(H,15,16)(H,17,18). The highest BCUT2D eigenvalue weighted by Crippen LogP contribution is 2.37. The number of carboxylic acid groups (broad SMARTS) is 1. The van der Waals surface area contributed by atoms with Gasteiger partial charge in [0.2, 0.25) is 0 Å². The minimum Gasteiger partial charge on any atom is -0.477 e. The molecule has 2 rings (SSSR count). The van der Waals surface area contributed by atoms with E-state index in [4.69, 9.17) is 5.11 Å². The van der Waals surface area contributed by atoms with E-state index in [1.54, 1.807) is 6.92 Å². The summed E-state index contributed by atoms with van der Waals surface area (Å²) in [6.07, 6.45) is 0. The predicted octanol–water partition coefficient (Wildman–Crippen LogP) is 5.18. The van der Waals surface area contributed by atoms with Gasteiger partial charge in [-0.3, -0.25) is 0 Å². The quantitative estimate of drug-likeness (QED) is 0.648. The maximum atomic E-state index is 11.0. The predicted molar refractivity (Wildman–Crippen MR) is 86.6 cm³/mol. The molecule has 4 nitrogen and oxygen atoms in total. The Morgan fingerprint density at radius 1 is 1.32 bits per heavy atom. The molecule has 0 saturated heterocycles. The summed E-state index contributed by atoms with van der Waals surface area (Å²) in [6, 6.07) is 3.79. The topological polar surface area (TPSA) is 62.2 Å². The molecular weight excluding hydrogens is 464 g/mol. The highest BCUT2D eigenvalue weighted by atomic mass is 79.9. The van der Waals surface area contributed by atoms with Crippen molar-refractivity contribution in [3.05, 3.63) is 36.1 Å². The Kier molecular flexibility index (Phi) is 4.65. The second-order valence-corrected chi connectivity index (χ2v) is 7.23. The van der Waals surface area contributed by atoms with Gasteiger partial charge < -0.3 is 10.4 Å². The third-order valence-corrected chi connectivity index (χ3v) is 5.00. The van der Waals surface area contributed by atoms with E-state index in [1.165, 1.54) is 0 Å². The summed E-state index contributed by atoms with van der Waals surface area (Å²) >= 11 is 11.4. The van der Waals surface area contributed by atoms with Gasteiger partial charge in [-0.25, -0.2) is 9.78 Å². The molecule has 1 aromatic carbocycles. The first kappa shape index (κ1) is 15.0. The number of thiazole rings is 1. The Morgan fingerprint density at radius 3 is 2.37 bits per heavy atom. The Morgan fingerprint density at radius 2 is 1.89 bits per heavy atom. The van der Waals surface area contributed by atoms with Crippen LogP contribution in [0.15, 0.2) is 25.6 Å². The molecule has 0 saturated carbocycles. The number of carboxylic acids is 1. The number of aromatic carboxylic acids is 1. The first-order valence-corrected chi connectivity index (χ1v) is 8.20. The highest BCUT2D eigenvalue weighted by molar-refractivity contribution is 9.11. The number of halogens is 3. The molecule has 19 heavy (non-hydrogen) atoms. The van der Waals surface area contributed by atoms with Crippen LogP contribution in [-0.2, 0) is 0 Å². The number of hydrogen-bond acceptors (Lipinski definition) is 4. The first-order valence-electron chi connectivity index (χ1n) is 5.00. The van der Waals surface area contributed by atoms with Gasteiger partial charge in [0, 0.05) is 13.4 Å². The van der Waals surface area contributed by atoms with Crippen LogP contribution in [0.1, 0.15) is 15.4 Å². The normalized spacial score (nSPS) is 10.5. The molecule has 0 amide bonds. The number of nitrogens with one attached hydrogen (secondary N) is 1. The number of benzene rings is 1. The summed E-state index contributed by atoms with van der Waals surface area (Å²) in [5, 5.41) is 12.7. The molecular formula is C11H7Br3N2O2S. The van der Waals surface area contributed by atoms with Gasteiger partial charge >= 0.3 is 5.97 Å². The van der Waals surface area contributed by atoms with E-state index in [9.17, 15) is 4.79 Å². The average Bonchev–Trinajstić information content (AvgIpc) is 2.65. The summed E-state index contributed by atoms with van der Waals surface area (Å²) in [4.78, 5) is 15.4. The molecule has 0 unspecified atom stereocenters. The third kappa shape index (κ3) is 3.36. The monoisotopic (exact) mass is 468 g/mol. The molecule has 0 atom stereocenters. The summed E-state index contributed by atoms with van der Waals surface area (Å²) in [6.45, 7) is 1.68. The molecule has 0 radical (unpaired) electrons. The second kappa shape index (κ2) is 5.90. The maximum Gasteiger partial charge on any atom is 0.347 e. The van der Waals surface area contributed by atoms with Crippen molar-refractivity contribution in [2.45, 2.75) is 6.92 Å². The molecule has 0 aliphatic heterocycles. The maximum absolute atomic E-state index is 11.0. The number of carbonyl (C=O) groups is 1. The van der Waals surface area contributed by atoms with Crippen LogP contribution < -0.4 is 5.32 Å². The SMILES string of the molecule is Cc1nc(Nc2c(Br)cc(Br)cc2Br)sc1C(=O)O. The fourth-order valence-electron chi connectivity index (χ4n) is 1.42. The molecule has 100 valence electrons. The second-order valence-electron chi connectivity index (χ2n) is 3.61. The Hall–Kier alpha value is -0.440. The van der Waals surface area contributed by atoms with Gasteiger partial charge in [0.25, 0.3) is 0 Å². The lowest BCUT2D eigenvalue weighted by Crippen LogP contribution is -1.94. The van der Waals surface area contributed by atoms with Gasteiger partial charge in [-0.2, -0.15) is 0 Å². The number of aromatic nitrogens is 1. The molecule has 0 fully saturated rings. The van der Waals surface area contributed by atoms with E-state index in [-0.39, 0.29) is 4.88 Å². The van der Waals surface area contributed by atoms with E-state index in [2.05, 4.69) is 58.1 Å². The molecule has 2 aromatic rings. The van der Waals surface area contributed by atoms with Crippen molar-refractivity contribution in [1.29, 1.82) is 0 Å². The van der Waals surface area contributed by atoms with E-state index in [0.29, 0.717) is 10.8 Å². The smallest absolute Gasteiger partial charge is 0.347 e. The molecule has 2 N–H and O–H groups in total. The molecule has 0 aliphatic rings. The molecule has 1 aromatic heterocycles. The fraction of sp³-hybridized carbons (Fsp3) is 0.0909. The van der Waals surface area contributed by atoms with Gasteiger partial charge in [-0.1, -0.05) is 27.3 Å². The van der Waals surface area contributed by atoms with Crippen molar-refractivity contribution >= 4 is 75.9 Å². The minimum absolute atomic E-state index is 0.242. The zero-order chi connectivity index (χ0) is 14.2. The third-order valence-electron chi connectivity index (χ3n) is 2.23. The van der Waals surface area contributed by atoms with Crippen molar-refractivity contribution in [3.8, 4) is 0 Å². The van der Waals surface area contributed by atoms with Crippen LogP contribution in [0.4, 0.5) is 10.8 Å². The molecule has 8 heteroatoms. The lowest BCUT2D eigenvalue weighted by molar-refractivity contribution is 0.0701. The van der Waals surface area contributed by atoms with Gasteiger partial charge in [-0.15, -0.1) is 0 Å². The van der Waals surface area contributed by atoms with Crippen molar-refractivity contribution in [1.82, 2.24) is 4.98 Å². The van der Waals surface area contributed by atoms with Crippen molar-refractivity contribution < 1.29 is 9.90 Å². The highest BCUT2D eigenvalue weighted by Gasteiger charge is 2.15. The first-order chi connectivity index (χ1) is 8.88. The molecule has 0 bridgehead atoms. The van der Waals surface area contributed by atoms with Crippen LogP contribution in [0.25, 0.3) is 0 Å². The molecule has 0 spiro atoms. The van der Waals surface area contributed by atoms with Crippen LogP contribution in [0.5, 0.6) is 0 Å². The van der Waals surface area contributed by atoms with Crippen LogP contribution in [-0.4, -0.2) is 16.1 Å². The fourth-order valence-corrected chi connectivity index (χ4v) is 4.68. The van der Waals surface area contributed by atoms with E-state index >= 15 is 0 Å². The van der Waals surface area contributed by atoms with Crippen LogP contribution >= 0.6 is 59.1 Å². The number of rotatable bonds is 3. The van der Waals surface area contributed by atoms with Gasteiger partial charge in [0.05, 0.1) is 11.4 Å². The Balaban J connectivity index is 2.37. The van der Waals surface area contributed by atoms with Crippen LogP contribution in [0.3, 0.4) is 0 Å². The zero-order valence-corrected chi connectivity index (χ0v) is 15.1. The molecule has 1 heterocycles.